The molecular weight excluding hydrogens is 363 g/mol. The monoisotopic (exact) mass is 376 g/mol. The maximum absolute atomic E-state index is 11.7. The number of hydrogen-bond acceptors (Lipinski definition) is 4. The average Bonchev–Trinajstić information content (AvgIpc) is 2.36. The summed E-state index contributed by atoms with van der Waals surface area (Å²) in [7, 11) is 0. The molecule has 0 saturated carbocycles. The molecule has 0 atom stereocenters. The molecule has 102 valence electrons. The number of ether oxygens (including phenoxy) is 1. The molecule has 0 aromatic heterocycles. The highest BCUT2D eigenvalue weighted by atomic mass is 127. The summed E-state index contributed by atoms with van der Waals surface area (Å²) in [6, 6.07) is 6.24. The summed E-state index contributed by atoms with van der Waals surface area (Å²) in [6.07, 6.45) is 0. The summed E-state index contributed by atoms with van der Waals surface area (Å²) in [5.41, 5.74) is 0.383. The van der Waals surface area contributed by atoms with Crippen molar-refractivity contribution in [2.45, 2.75) is 6.92 Å². The van der Waals surface area contributed by atoms with Gasteiger partial charge in [-0.2, -0.15) is 0 Å². The molecule has 0 aliphatic rings. The third-order valence-electron chi connectivity index (χ3n) is 2.02. The molecule has 0 radical (unpaired) electrons. The number of benzene rings is 1. The van der Waals surface area contributed by atoms with Crippen molar-refractivity contribution in [2.24, 2.45) is 0 Å². The lowest BCUT2D eigenvalue weighted by atomic mass is 10.2. The molecule has 7 heteroatoms. The Labute approximate surface area is 124 Å². The molecule has 1 aromatic rings. The van der Waals surface area contributed by atoms with E-state index in [0.717, 1.165) is 3.57 Å². The van der Waals surface area contributed by atoms with Crippen LogP contribution in [0, 0.1) is 3.57 Å². The number of esters is 1. The van der Waals surface area contributed by atoms with E-state index >= 15 is 0 Å². The number of rotatable bonds is 4. The predicted molar refractivity (Wildman–Crippen MR) is 76.7 cm³/mol. The smallest absolute Gasteiger partial charge is 0.339 e. The van der Waals surface area contributed by atoms with Crippen molar-refractivity contribution in [3.05, 3.63) is 33.4 Å². The zero-order valence-corrected chi connectivity index (χ0v) is 12.4. The van der Waals surface area contributed by atoms with Crippen LogP contribution in [0.25, 0.3) is 0 Å². The fourth-order valence-corrected chi connectivity index (χ4v) is 1.81. The van der Waals surface area contributed by atoms with E-state index in [2.05, 4.69) is 5.32 Å². The van der Waals surface area contributed by atoms with E-state index in [1.807, 2.05) is 27.9 Å². The highest BCUT2D eigenvalue weighted by Gasteiger charge is 2.13. The first-order chi connectivity index (χ1) is 9.04. The van der Waals surface area contributed by atoms with Gasteiger partial charge >= 0.3 is 12.0 Å². The molecule has 0 saturated heterocycles. The maximum atomic E-state index is 11.7. The number of amides is 3. The molecule has 0 aliphatic heterocycles. The van der Waals surface area contributed by atoms with Crippen LogP contribution in [0.3, 0.4) is 0 Å². The molecule has 6 nitrogen and oxygen atoms in total. The van der Waals surface area contributed by atoms with E-state index in [0.29, 0.717) is 12.1 Å². The van der Waals surface area contributed by atoms with Gasteiger partial charge in [0.05, 0.1) is 5.56 Å². The Morgan fingerprint density at radius 3 is 2.58 bits per heavy atom. The minimum atomic E-state index is -0.676. The quantitative estimate of drug-likeness (QED) is 0.613. The van der Waals surface area contributed by atoms with E-state index in [1.54, 1.807) is 31.2 Å². The summed E-state index contributed by atoms with van der Waals surface area (Å²) in [4.78, 5) is 34.0. The van der Waals surface area contributed by atoms with Gasteiger partial charge in [-0.15, -0.1) is 0 Å². The number of nitrogens with one attached hydrogen (secondary N) is 2. The van der Waals surface area contributed by atoms with Gasteiger partial charge in [0.25, 0.3) is 5.91 Å². The van der Waals surface area contributed by atoms with E-state index in [4.69, 9.17) is 4.74 Å². The summed E-state index contributed by atoms with van der Waals surface area (Å²) in [6.45, 7) is 1.63. The molecule has 0 unspecified atom stereocenters. The molecule has 3 amide bonds. The number of halogens is 1. The van der Waals surface area contributed by atoms with Crippen molar-refractivity contribution in [1.82, 2.24) is 10.6 Å². The molecule has 1 aromatic carbocycles. The molecular formula is C12H13IN2O4. The highest BCUT2D eigenvalue weighted by Crippen LogP contribution is 2.12. The SMILES string of the molecule is CCNC(=O)NC(=O)COC(=O)c1ccccc1I. The maximum Gasteiger partial charge on any atom is 0.339 e. The van der Waals surface area contributed by atoms with Crippen LogP contribution in [-0.4, -0.2) is 31.1 Å². The molecule has 2 N–H and O–H groups in total. The molecule has 0 aliphatic carbocycles. The van der Waals surface area contributed by atoms with Crippen molar-refractivity contribution in [2.75, 3.05) is 13.2 Å². The molecule has 0 fully saturated rings. The van der Waals surface area contributed by atoms with Crippen molar-refractivity contribution < 1.29 is 19.1 Å². The summed E-state index contributed by atoms with van der Waals surface area (Å²) >= 11 is 2.00. The van der Waals surface area contributed by atoms with Gasteiger partial charge in [0, 0.05) is 10.1 Å². The van der Waals surface area contributed by atoms with Crippen molar-refractivity contribution >= 4 is 40.5 Å². The Balaban J connectivity index is 2.45. The second kappa shape index (κ2) is 7.72. The van der Waals surface area contributed by atoms with Crippen molar-refractivity contribution in [3.63, 3.8) is 0 Å². The van der Waals surface area contributed by atoms with Gasteiger partial charge in [0.2, 0.25) is 0 Å². The number of urea groups is 1. The third-order valence-corrected chi connectivity index (χ3v) is 2.96. The lowest BCUT2D eigenvalue weighted by molar-refractivity contribution is -0.123. The van der Waals surface area contributed by atoms with Crippen LogP contribution in [0.5, 0.6) is 0 Å². The number of imide groups is 1. The van der Waals surface area contributed by atoms with Crippen LogP contribution in [0.1, 0.15) is 17.3 Å². The lowest BCUT2D eigenvalue weighted by Gasteiger charge is -2.07. The van der Waals surface area contributed by atoms with Crippen molar-refractivity contribution in [1.29, 1.82) is 0 Å². The Morgan fingerprint density at radius 2 is 1.95 bits per heavy atom. The summed E-state index contributed by atoms with van der Waals surface area (Å²) in [5.74, 6) is -1.28. The molecule has 0 heterocycles. The predicted octanol–water partition coefficient (Wildman–Crippen LogP) is 1.29. The Hall–Kier alpha value is -1.64. The van der Waals surface area contributed by atoms with Crippen LogP contribution < -0.4 is 10.6 Å². The van der Waals surface area contributed by atoms with Gasteiger partial charge in [-0.1, -0.05) is 12.1 Å². The van der Waals surface area contributed by atoms with Gasteiger partial charge in [-0.05, 0) is 41.6 Å². The third kappa shape index (κ3) is 5.25. The Morgan fingerprint density at radius 1 is 1.26 bits per heavy atom. The second-order valence-corrected chi connectivity index (χ2v) is 4.63. The van der Waals surface area contributed by atoms with Gasteiger partial charge in [-0.25, -0.2) is 9.59 Å². The van der Waals surface area contributed by atoms with Crippen LogP contribution in [0.15, 0.2) is 24.3 Å². The first kappa shape index (κ1) is 15.4. The summed E-state index contributed by atoms with van der Waals surface area (Å²) < 4.78 is 5.54. The number of carbonyl (C=O) groups excluding carboxylic acids is 3. The van der Waals surface area contributed by atoms with Crippen LogP contribution in [0.2, 0.25) is 0 Å². The average molecular weight is 376 g/mol. The molecule has 1 rings (SSSR count). The summed E-state index contributed by atoms with van der Waals surface area (Å²) in [5, 5.41) is 4.43. The first-order valence-corrected chi connectivity index (χ1v) is 6.61. The second-order valence-electron chi connectivity index (χ2n) is 3.46. The van der Waals surface area contributed by atoms with Crippen LogP contribution in [-0.2, 0) is 9.53 Å². The molecule has 0 spiro atoms. The Bertz CT molecular complexity index is 490. The van der Waals surface area contributed by atoms with Gasteiger partial charge < -0.3 is 10.1 Å². The van der Waals surface area contributed by atoms with Crippen molar-refractivity contribution in [3.8, 4) is 0 Å². The van der Waals surface area contributed by atoms with Gasteiger partial charge in [-0.3, -0.25) is 10.1 Å². The van der Waals surface area contributed by atoms with Gasteiger partial charge in [0.1, 0.15) is 0 Å². The zero-order valence-electron chi connectivity index (χ0n) is 10.2. The van der Waals surface area contributed by atoms with Crippen LogP contribution >= 0.6 is 22.6 Å². The number of carbonyl (C=O) groups is 3. The lowest BCUT2D eigenvalue weighted by Crippen LogP contribution is -2.41. The van der Waals surface area contributed by atoms with E-state index in [-0.39, 0.29) is 0 Å². The fraction of sp³-hybridized carbons (Fsp3) is 0.250. The largest absolute Gasteiger partial charge is 0.452 e. The molecule has 19 heavy (non-hydrogen) atoms. The minimum absolute atomic E-state index is 0.383. The topological polar surface area (TPSA) is 84.5 Å². The van der Waals surface area contributed by atoms with E-state index < -0.39 is 24.5 Å². The normalized spacial score (nSPS) is 9.58. The fourth-order valence-electron chi connectivity index (χ4n) is 1.20. The molecule has 0 bridgehead atoms. The number of hydrogen-bond donors (Lipinski definition) is 2. The first-order valence-electron chi connectivity index (χ1n) is 5.54. The van der Waals surface area contributed by atoms with E-state index in [1.165, 1.54) is 0 Å². The zero-order chi connectivity index (χ0) is 14.3. The Kier molecular flexibility index (Phi) is 6.26. The highest BCUT2D eigenvalue weighted by molar-refractivity contribution is 14.1. The minimum Gasteiger partial charge on any atom is -0.452 e. The van der Waals surface area contributed by atoms with Gasteiger partial charge in [0.15, 0.2) is 6.61 Å². The van der Waals surface area contributed by atoms with E-state index in [9.17, 15) is 14.4 Å². The van der Waals surface area contributed by atoms with Crippen LogP contribution in [0.4, 0.5) is 4.79 Å². The standard InChI is InChI=1S/C12H13IN2O4/c1-2-14-12(18)15-10(16)7-19-11(17)8-5-3-4-6-9(8)13/h3-6H,2,7H2,1H3,(H2,14,15,16,18).